The van der Waals surface area contributed by atoms with Crippen LogP contribution < -0.4 is 11.1 Å². The summed E-state index contributed by atoms with van der Waals surface area (Å²) in [5, 5.41) is 13.5. The Balaban J connectivity index is 1.99. The number of nitrogens with one attached hydrogen (secondary N) is 1. The highest BCUT2D eigenvalue weighted by molar-refractivity contribution is 6.31. The molecule has 0 saturated heterocycles. The Morgan fingerprint density at radius 3 is 2.75 bits per heavy atom. The van der Waals surface area contributed by atoms with Crippen molar-refractivity contribution in [1.82, 2.24) is 4.57 Å². The third kappa shape index (κ3) is 4.05. The summed E-state index contributed by atoms with van der Waals surface area (Å²) in [7, 11) is 0. The maximum absolute atomic E-state index is 12.6. The summed E-state index contributed by atoms with van der Waals surface area (Å²) in [4.78, 5) is 23.9. The van der Waals surface area contributed by atoms with E-state index in [0.29, 0.717) is 16.3 Å². The van der Waals surface area contributed by atoms with E-state index in [0.717, 1.165) is 16.5 Å². The lowest BCUT2D eigenvalue weighted by Gasteiger charge is -2.08. The number of rotatable bonds is 5. The number of halogens is 1. The molecule has 28 heavy (non-hydrogen) atoms. The van der Waals surface area contributed by atoms with Gasteiger partial charge in [0.05, 0.1) is 0 Å². The second-order valence-electron chi connectivity index (χ2n) is 6.28. The van der Waals surface area contributed by atoms with E-state index in [2.05, 4.69) is 5.32 Å². The number of nitriles is 1. The van der Waals surface area contributed by atoms with Gasteiger partial charge in [-0.15, -0.1) is 0 Å². The number of aryl methyl sites for hydroxylation is 1. The van der Waals surface area contributed by atoms with Gasteiger partial charge in [-0.05, 0) is 36.8 Å². The van der Waals surface area contributed by atoms with Crippen molar-refractivity contribution < 1.29 is 9.59 Å². The molecule has 0 fully saturated rings. The fourth-order valence-corrected chi connectivity index (χ4v) is 3.08. The molecule has 0 saturated carbocycles. The van der Waals surface area contributed by atoms with Crippen LogP contribution in [0.25, 0.3) is 17.0 Å². The predicted molar refractivity (Wildman–Crippen MR) is 110 cm³/mol. The summed E-state index contributed by atoms with van der Waals surface area (Å²) in [6.45, 7) is 1.84. The number of primary amides is 1. The molecule has 0 atom stereocenters. The van der Waals surface area contributed by atoms with Crippen molar-refractivity contribution >= 4 is 46.1 Å². The maximum atomic E-state index is 12.6. The first-order valence-electron chi connectivity index (χ1n) is 8.44. The molecule has 7 heteroatoms. The monoisotopic (exact) mass is 392 g/mol. The minimum atomic E-state index is -0.542. The molecule has 3 rings (SSSR count). The molecule has 140 valence electrons. The van der Waals surface area contributed by atoms with Crippen molar-refractivity contribution in [2.24, 2.45) is 5.73 Å². The fraction of sp³-hybridized carbons (Fsp3) is 0.0952. The zero-order valence-corrected chi connectivity index (χ0v) is 15.8. The van der Waals surface area contributed by atoms with Crippen LogP contribution in [-0.4, -0.2) is 16.4 Å². The number of amides is 2. The van der Waals surface area contributed by atoms with Gasteiger partial charge in [0.2, 0.25) is 5.91 Å². The quantitative estimate of drug-likeness (QED) is 0.512. The molecular weight excluding hydrogens is 376 g/mol. The van der Waals surface area contributed by atoms with Crippen LogP contribution in [0.1, 0.15) is 11.1 Å². The molecular formula is C21H17ClN4O2. The molecule has 0 unspecified atom stereocenters. The highest BCUT2D eigenvalue weighted by Gasteiger charge is 2.14. The van der Waals surface area contributed by atoms with Gasteiger partial charge >= 0.3 is 0 Å². The fourth-order valence-electron chi connectivity index (χ4n) is 2.91. The van der Waals surface area contributed by atoms with Crippen LogP contribution in [0.15, 0.2) is 54.2 Å². The van der Waals surface area contributed by atoms with Crippen LogP contribution in [0.5, 0.6) is 0 Å². The van der Waals surface area contributed by atoms with E-state index in [1.165, 1.54) is 6.08 Å². The summed E-state index contributed by atoms with van der Waals surface area (Å²) in [5.41, 5.74) is 8.04. The van der Waals surface area contributed by atoms with Gasteiger partial charge in [0.25, 0.3) is 5.91 Å². The zero-order chi connectivity index (χ0) is 20.3. The number of anilines is 1. The van der Waals surface area contributed by atoms with Crippen LogP contribution in [0.3, 0.4) is 0 Å². The number of hydrogen-bond acceptors (Lipinski definition) is 3. The topological polar surface area (TPSA) is 101 Å². The lowest BCUT2D eigenvalue weighted by Crippen LogP contribution is -2.17. The number of fused-ring (bicyclic) bond motifs is 1. The highest BCUT2D eigenvalue weighted by atomic mass is 35.5. The van der Waals surface area contributed by atoms with Gasteiger partial charge in [-0.2, -0.15) is 5.26 Å². The van der Waals surface area contributed by atoms with E-state index in [9.17, 15) is 14.9 Å². The number of carbonyl (C=O) groups is 2. The summed E-state index contributed by atoms with van der Waals surface area (Å²) in [5.74, 6) is -1.02. The number of para-hydroxylation sites is 1. The van der Waals surface area contributed by atoms with Gasteiger partial charge in [-0.1, -0.05) is 35.9 Å². The number of aromatic nitrogens is 1. The van der Waals surface area contributed by atoms with E-state index >= 15 is 0 Å². The molecule has 0 radical (unpaired) electrons. The first-order valence-corrected chi connectivity index (χ1v) is 8.82. The third-order valence-electron chi connectivity index (χ3n) is 4.26. The first-order chi connectivity index (χ1) is 13.4. The Bertz CT molecular complexity index is 1150. The minimum Gasteiger partial charge on any atom is -0.368 e. The largest absolute Gasteiger partial charge is 0.368 e. The third-order valence-corrected chi connectivity index (χ3v) is 4.49. The molecule has 1 aromatic heterocycles. The Hall–Kier alpha value is -3.56. The molecule has 0 spiro atoms. The molecule has 0 aliphatic rings. The first kappa shape index (κ1) is 19.2. The Morgan fingerprint density at radius 1 is 1.29 bits per heavy atom. The van der Waals surface area contributed by atoms with E-state index in [1.807, 2.05) is 37.3 Å². The van der Waals surface area contributed by atoms with Crippen molar-refractivity contribution in [3.05, 3.63) is 70.4 Å². The van der Waals surface area contributed by atoms with Gasteiger partial charge in [0.15, 0.2) is 0 Å². The van der Waals surface area contributed by atoms with Crippen molar-refractivity contribution in [3.63, 3.8) is 0 Å². The lowest BCUT2D eigenvalue weighted by molar-refractivity contribution is -0.118. The number of carbonyl (C=O) groups excluding carboxylic acids is 2. The van der Waals surface area contributed by atoms with Gasteiger partial charge in [0, 0.05) is 33.4 Å². The highest BCUT2D eigenvalue weighted by Crippen LogP contribution is 2.25. The average molecular weight is 393 g/mol. The molecule has 6 nitrogen and oxygen atoms in total. The standard InChI is InChI=1S/C21H17ClN4O2/c1-13-6-7-16(22)9-18(13)25-21(28)14(10-23)8-15-11-26(12-20(24)27)19-5-3-2-4-17(15)19/h2-9,11H,12H2,1H3,(H2,24,27)(H,25,28)/b14-8+. The Morgan fingerprint density at radius 2 is 2.04 bits per heavy atom. The van der Waals surface area contributed by atoms with Crippen LogP contribution >= 0.6 is 11.6 Å². The molecule has 3 aromatic rings. The second kappa shape index (κ2) is 7.99. The number of nitrogens with two attached hydrogens (primary N) is 1. The van der Waals surface area contributed by atoms with Gasteiger partial charge < -0.3 is 15.6 Å². The molecule has 0 aliphatic heterocycles. The number of benzene rings is 2. The van der Waals surface area contributed by atoms with E-state index in [1.54, 1.807) is 29.0 Å². The van der Waals surface area contributed by atoms with Crippen molar-refractivity contribution in [2.75, 3.05) is 5.32 Å². The average Bonchev–Trinajstić information content (AvgIpc) is 2.99. The molecule has 1 heterocycles. The van der Waals surface area contributed by atoms with Crippen LogP contribution in [-0.2, 0) is 16.1 Å². The summed E-state index contributed by atoms with van der Waals surface area (Å²) >= 11 is 5.98. The molecule has 3 N–H and O–H groups in total. The van der Waals surface area contributed by atoms with E-state index < -0.39 is 11.8 Å². The summed E-state index contributed by atoms with van der Waals surface area (Å²) in [6.07, 6.45) is 3.19. The van der Waals surface area contributed by atoms with E-state index in [4.69, 9.17) is 17.3 Å². The van der Waals surface area contributed by atoms with E-state index in [-0.39, 0.29) is 12.1 Å². The van der Waals surface area contributed by atoms with Crippen molar-refractivity contribution in [1.29, 1.82) is 5.26 Å². The van der Waals surface area contributed by atoms with Gasteiger partial charge in [0.1, 0.15) is 18.2 Å². The second-order valence-corrected chi connectivity index (χ2v) is 6.72. The summed E-state index contributed by atoms with van der Waals surface area (Å²) < 4.78 is 1.69. The maximum Gasteiger partial charge on any atom is 0.266 e. The predicted octanol–water partition coefficient (Wildman–Crippen LogP) is 3.63. The normalized spacial score (nSPS) is 11.2. The minimum absolute atomic E-state index is 0.00411. The Kier molecular flexibility index (Phi) is 5.48. The van der Waals surface area contributed by atoms with Crippen LogP contribution in [0.4, 0.5) is 5.69 Å². The van der Waals surface area contributed by atoms with Crippen LogP contribution in [0, 0.1) is 18.3 Å². The Labute approximate surface area is 166 Å². The zero-order valence-electron chi connectivity index (χ0n) is 15.1. The lowest BCUT2D eigenvalue weighted by atomic mass is 10.1. The smallest absolute Gasteiger partial charge is 0.266 e. The van der Waals surface area contributed by atoms with Crippen LogP contribution in [0.2, 0.25) is 5.02 Å². The molecule has 2 amide bonds. The van der Waals surface area contributed by atoms with Crippen molar-refractivity contribution in [3.8, 4) is 6.07 Å². The number of hydrogen-bond donors (Lipinski definition) is 2. The molecule has 0 aliphatic carbocycles. The molecule has 2 aromatic carbocycles. The van der Waals surface area contributed by atoms with Crippen molar-refractivity contribution in [2.45, 2.75) is 13.5 Å². The van der Waals surface area contributed by atoms with Gasteiger partial charge in [-0.3, -0.25) is 9.59 Å². The summed E-state index contributed by atoms with van der Waals surface area (Å²) in [6, 6.07) is 14.4. The SMILES string of the molecule is Cc1ccc(Cl)cc1NC(=O)/C(C#N)=C/c1cn(CC(N)=O)c2ccccc12. The molecule has 0 bridgehead atoms. The van der Waals surface area contributed by atoms with Gasteiger partial charge in [-0.25, -0.2) is 0 Å². The number of nitrogens with zero attached hydrogens (tertiary/aromatic N) is 2.